The number of nitrogens with one attached hydrogen (secondary N) is 2. The molecule has 2 aliphatic rings. The quantitative estimate of drug-likeness (QED) is 0.400. The standard InChI is InChI=1S/C29H41F2N3O5S/c1-19-23(27(35)32-22-12-14-38-15-13-22)17-24(34(19)18-20-8-6-5-7-9-20)21-10-11-26(25(16-21)39-28(30)31)40(36,37)33-29(2,3)4/h10-11,16-17,20,22,28,33H,5-9,12-15,18H2,1-4H3,(H,32,35). The molecule has 0 atom stereocenters. The molecule has 1 aliphatic heterocycles. The van der Waals surface area contributed by atoms with E-state index in [9.17, 15) is 22.0 Å². The van der Waals surface area contributed by atoms with Crippen molar-refractivity contribution >= 4 is 15.9 Å². The Morgan fingerprint density at radius 3 is 2.40 bits per heavy atom. The van der Waals surface area contributed by atoms with E-state index in [0.29, 0.717) is 42.5 Å². The van der Waals surface area contributed by atoms with E-state index in [2.05, 4.69) is 14.6 Å². The highest BCUT2D eigenvalue weighted by Crippen LogP contribution is 2.36. The van der Waals surface area contributed by atoms with E-state index in [-0.39, 0.29) is 16.8 Å². The summed E-state index contributed by atoms with van der Waals surface area (Å²) in [5, 5.41) is 3.12. The molecular weight excluding hydrogens is 540 g/mol. The number of sulfonamides is 1. The molecule has 2 heterocycles. The van der Waals surface area contributed by atoms with Crippen LogP contribution in [0.3, 0.4) is 0 Å². The monoisotopic (exact) mass is 581 g/mol. The molecule has 222 valence electrons. The zero-order valence-electron chi connectivity index (χ0n) is 23.8. The molecule has 4 rings (SSSR count). The van der Waals surface area contributed by atoms with Gasteiger partial charge < -0.3 is 19.4 Å². The number of hydrogen-bond donors (Lipinski definition) is 2. The highest BCUT2D eigenvalue weighted by Gasteiger charge is 2.29. The molecule has 8 nitrogen and oxygen atoms in total. The predicted molar refractivity (Wildman–Crippen MR) is 149 cm³/mol. The van der Waals surface area contributed by atoms with E-state index < -0.39 is 27.9 Å². The van der Waals surface area contributed by atoms with Gasteiger partial charge in [0, 0.05) is 48.3 Å². The number of benzene rings is 1. The maximum absolute atomic E-state index is 13.4. The normalized spacial score (nSPS) is 17.8. The highest BCUT2D eigenvalue weighted by atomic mass is 32.2. The molecule has 11 heteroatoms. The van der Waals surface area contributed by atoms with Gasteiger partial charge in [0.05, 0.1) is 5.56 Å². The largest absolute Gasteiger partial charge is 0.433 e. The van der Waals surface area contributed by atoms with Gasteiger partial charge in [-0.3, -0.25) is 4.79 Å². The van der Waals surface area contributed by atoms with Crippen molar-refractivity contribution in [2.75, 3.05) is 13.2 Å². The van der Waals surface area contributed by atoms with Crippen molar-refractivity contribution in [1.29, 1.82) is 0 Å². The number of carbonyl (C=O) groups is 1. The lowest BCUT2D eigenvalue weighted by Crippen LogP contribution is -2.40. The second-order valence-corrected chi connectivity index (χ2v) is 13.5. The molecular formula is C29H41F2N3O5S. The minimum absolute atomic E-state index is 0.0247. The first kappa shape index (κ1) is 30.5. The van der Waals surface area contributed by atoms with Gasteiger partial charge >= 0.3 is 6.61 Å². The molecule has 2 aromatic rings. The van der Waals surface area contributed by atoms with Gasteiger partial charge in [-0.25, -0.2) is 13.1 Å². The van der Waals surface area contributed by atoms with Crippen LogP contribution in [-0.2, 0) is 21.3 Å². The molecule has 1 aromatic heterocycles. The summed E-state index contributed by atoms with van der Waals surface area (Å²) in [6.07, 6.45) is 7.15. The minimum Gasteiger partial charge on any atom is -0.433 e. The van der Waals surface area contributed by atoms with Crippen LogP contribution in [0.2, 0.25) is 0 Å². The first-order valence-electron chi connectivity index (χ1n) is 14.1. The summed E-state index contributed by atoms with van der Waals surface area (Å²) >= 11 is 0. The molecule has 1 saturated heterocycles. The van der Waals surface area contributed by atoms with E-state index in [0.717, 1.165) is 44.2 Å². The average molecular weight is 582 g/mol. The molecule has 0 bridgehead atoms. The Kier molecular flexibility index (Phi) is 9.57. The van der Waals surface area contributed by atoms with Gasteiger partial charge in [0.25, 0.3) is 5.91 Å². The van der Waals surface area contributed by atoms with Crippen molar-refractivity contribution in [3.63, 3.8) is 0 Å². The van der Waals surface area contributed by atoms with E-state index in [1.165, 1.54) is 18.6 Å². The second-order valence-electron chi connectivity index (χ2n) is 11.9. The maximum Gasteiger partial charge on any atom is 0.387 e. The number of amides is 1. The fraction of sp³-hybridized carbons (Fsp3) is 0.621. The Labute approximate surface area is 235 Å². The van der Waals surface area contributed by atoms with Crippen LogP contribution in [0, 0.1) is 12.8 Å². The topological polar surface area (TPSA) is 98.7 Å². The van der Waals surface area contributed by atoms with Crippen LogP contribution < -0.4 is 14.8 Å². The summed E-state index contributed by atoms with van der Waals surface area (Å²) in [6, 6.07) is 6.00. The van der Waals surface area contributed by atoms with Gasteiger partial charge in [-0.1, -0.05) is 25.3 Å². The Morgan fingerprint density at radius 1 is 1.10 bits per heavy atom. The number of aromatic nitrogens is 1. The summed E-state index contributed by atoms with van der Waals surface area (Å²) in [4.78, 5) is 13.0. The second kappa shape index (κ2) is 12.6. The Morgan fingerprint density at radius 2 is 1.77 bits per heavy atom. The Balaban J connectivity index is 1.76. The molecule has 1 amide bonds. The van der Waals surface area contributed by atoms with Crippen molar-refractivity contribution < 1.29 is 31.5 Å². The molecule has 40 heavy (non-hydrogen) atoms. The van der Waals surface area contributed by atoms with Crippen LogP contribution in [0.1, 0.15) is 81.8 Å². The number of halogens is 2. The van der Waals surface area contributed by atoms with Crippen molar-refractivity contribution in [1.82, 2.24) is 14.6 Å². The smallest absolute Gasteiger partial charge is 0.387 e. The average Bonchev–Trinajstić information content (AvgIpc) is 3.19. The van der Waals surface area contributed by atoms with Crippen LogP contribution in [0.5, 0.6) is 5.75 Å². The third-order valence-corrected chi connectivity index (χ3v) is 9.32. The van der Waals surface area contributed by atoms with Gasteiger partial charge in [0.1, 0.15) is 10.6 Å². The van der Waals surface area contributed by atoms with Crippen molar-refractivity contribution in [2.24, 2.45) is 5.92 Å². The van der Waals surface area contributed by atoms with Crippen LogP contribution in [0.25, 0.3) is 11.3 Å². The number of rotatable bonds is 9. The van der Waals surface area contributed by atoms with Gasteiger partial charge in [-0.2, -0.15) is 8.78 Å². The fourth-order valence-electron chi connectivity index (χ4n) is 5.62. The molecule has 2 N–H and O–H groups in total. The Bertz CT molecular complexity index is 1290. The lowest BCUT2D eigenvalue weighted by Gasteiger charge is -2.25. The van der Waals surface area contributed by atoms with E-state index in [1.807, 2.05) is 6.92 Å². The fourth-order valence-corrected chi connectivity index (χ4v) is 7.15. The van der Waals surface area contributed by atoms with Crippen LogP contribution >= 0.6 is 0 Å². The van der Waals surface area contributed by atoms with Crippen molar-refractivity contribution in [2.45, 2.75) is 102 Å². The molecule has 0 spiro atoms. The van der Waals surface area contributed by atoms with Crippen LogP contribution in [-0.4, -0.2) is 50.3 Å². The van der Waals surface area contributed by atoms with Crippen LogP contribution in [0.15, 0.2) is 29.2 Å². The van der Waals surface area contributed by atoms with Crippen molar-refractivity contribution in [3.05, 3.63) is 35.5 Å². The number of carbonyl (C=O) groups excluding carboxylic acids is 1. The number of alkyl halides is 2. The highest BCUT2D eigenvalue weighted by molar-refractivity contribution is 7.89. The van der Waals surface area contributed by atoms with E-state index in [1.54, 1.807) is 32.9 Å². The maximum atomic E-state index is 13.4. The van der Waals surface area contributed by atoms with E-state index in [4.69, 9.17) is 9.47 Å². The van der Waals surface area contributed by atoms with Gasteiger partial charge in [-0.15, -0.1) is 0 Å². The van der Waals surface area contributed by atoms with E-state index >= 15 is 0 Å². The summed E-state index contributed by atoms with van der Waals surface area (Å²) in [6.45, 7) is 5.57. The molecule has 1 saturated carbocycles. The molecule has 1 aromatic carbocycles. The van der Waals surface area contributed by atoms with Crippen LogP contribution in [0.4, 0.5) is 8.78 Å². The molecule has 0 unspecified atom stereocenters. The number of nitrogens with zero attached hydrogens (tertiary/aromatic N) is 1. The summed E-state index contributed by atoms with van der Waals surface area (Å²) < 4.78 is 67.7. The van der Waals surface area contributed by atoms with Gasteiger partial charge in [-0.05, 0) is 77.5 Å². The molecule has 2 fully saturated rings. The lowest BCUT2D eigenvalue weighted by molar-refractivity contribution is -0.0517. The minimum atomic E-state index is -4.15. The van der Waals surface area contributed by atoms with Gasteiger partial charge in [0.2, 0.25) is 10.0 Å². The summed E-state index contributed by atoms with van der Waals surface area (Å²) in [5.74, 6) is -0.205. The first-order chi connectivity index (χ1) is 18.8. The van der Waals surface area contributed by atoms with Gasteiger partial charge in [0.15, 0.2) is 0 Å². The SMILES string of the molecule is Cc1c(C(=O)NC2CCOCC2)cc(-c2ccc(S(=O)(=O)NC(C)(C)C)c(OC(F)F)c2)n1CC1CCCCC1. The first-order valence-corrected chi connectivity index (χ1v) is 15.5. The molecule has 1 aliphatic carbocycles. The predicted octanol–water partition coefficient (Wildman–Crippen LogP) is 5.63. The summed E-state index contributed by atoms with van der Waals surface area (Å²) in [7, 11) is -4.15. The summed E-state index contributed by atoms with van der Waals surface area (Å²) in [5.41, 5.74) is 1.63. The third kappa shape index (κ3) is 7.61. The van der Waals surface area contributed by atoms with Crippen molar-refractivity contribution in [3.8, 4) is 17.0 Å². The Hall–Kier alpha value is -2.50. The number of hydrogen-bond acceptors (Lipinski definition) is 5. The third-order valence-electron chi connectivity index (χ3n) is 7.52. The lowest BCUT2D eigenvalue weighted by atomic mass is 9.89. The number of ether oxygens (including phenoxy) is 2. The zero-order valence-corrected chi connectivity index (χ0v) is 24.6. The molecule has 0 radical (unpaired) electrons. The zero-order chi connectivity index (χ0) is 29.1.